The molecule has 0 aliphatic carbocycles. The first-order valence-corrected chi connectivity index (χ1v) is 8.19. The van der Waals surface area contributed by atoms with Crippen molar-refractivity contribution in [2.24, 2.45) is 0 Å². The summed E-state index contributed by atoms with van der Waals surface area (Å²) < 4.78 is 0. The second-order valence-electron chi connectivity index (χ2n) is 5.87. The maximum absolute atomic E-state index is 4.94. The van der Waals surface area contributed by atoms with Gasteiger partial charge in [0.05, 0.1) is 17.3 Å². The molecule has 21 heavy (non-hydrogen) atoms. The minimum Gasteiger partial charge on any atom is -0.314 e. The number of hydrogen-bond acceptors (Lipinski definition) is 3. The molecule has 1 aromatic carbocycles. The van der Waals surface area contributed by atoms with Crippen LogP contribution in [0.1, 0.15) is 37.9 Å². The van der Waals surface area contributed by atoms with Crippen LogP contribution in [0.2, 0.25) is 0 Å². The Balaban J connectivity index is 1.88. The molecule has 0 unspecified atom stereocenters. The van der Waals surface area contributed by atoms with Crippen LogP contribution in [-0.4, -0.2) is 36.1 Å². The van der Waals surface area contributed by atoms with E-state index in [0.29, 0.717) is 6.04 Å². The Morgan fingerprint density at radius 2 is 1.95 bits per heavy atom. The maximum atomic E-state index is 4.94. The predicted octanol–water partition coefficient (Wildman–Crippen LogP) is 3.37. The summed E-state index contributed by atoms with van der Waals surface area (Å²) in [5.41, 5.74) is 2.36. The number of rotatable bonds is 5. The van der Waals surface area contributed by atoms with Crippen LogP contribution in [0.5, 0.6) is 0 Å². The van der Waals surface area contributed by atoms with E-state index in [2.05, 4.69) is 53.5 Å². The summed E-state index contributed by atoms with van der Waals surface area (Å²) in [7, 11) is 0. The van der Waals surface area contributed by atoms with Crippen LogP contribution in [-0.2, 0) is 0 Å². The fraction of sp³-hybridized carbons (Fsp3) is 0.500. The zero-order valence-corrected chi connectivity index (χ0v) is 12.9. The van der Waals surface area contributed by atoms with E-state index in [1.54, 1.807) is 0 Å². The number of fused-ring (bicyclic) bond motifs is 1. The van der Waals surface area contributed by atoms with E-state index in [-0.39, 0.29) is 0 Å². The lowest BCUT2D eigenvalue weighted by Gasteiger charge is -2.34. The Morgan fingerprint density at radius 1 is 1.14 bits per heavy atom. The highest BCUT2D eigenvalue weighted by molar-refractivity contribution is 5.78. The highest BCUT2D eigenvalue weighted by Gasteiger charge is 2.22. The summed E-state index contributed by atoms with van der Waals surface area (Å²) in [6.45, 7) is 6.71. The number of hydrogen-bond donors (Lipinski definition) is 1. The molecule has 1 aromatic heterocycles. The van der Waals surface area contributed by atoms with Gasteiger partial charge in [-0.1, -0.05) is 44.0 Å². The first-order chi connectivity index (χ1) is 10.4. The van der Waals surface area contributed by atoms with E-state index in [1.807, 2.05) is 0 Å². The topological polar surface area (TPSA) is 28.2 Å². The lowest BCUT2D eigenvalue weighted by atomic mass is 10.0. The molecule has 1 aliphatic rings. The third kappa shape index (κ3) is 3.42. The number of para-hydroxylation sites is 1. The van der Waals surface area contributed by atoms with Gasteiger partial charge in [-0.15, -0.1) is 0 Å². The number of aromatic nitrogens is 1. The predicted molar refractivity (Wildman–Crippen MR) is 88.5 cm³/mol. The van der Waals surface area contributed by atoms with E-state index in [0.717, 1.165) is 31.7 Å². The zero-order valence-electron chi connectivity index (χ0n) is 12.9. The van der Waals surface area contributed by atoms with Crippen LogP contribution in [0, 0.1) is 0 Å². The van der Waals surface area contributed by atoms with Crippen molar-refractivity contribution >= 4 is 10.9 Å². The van der Waals surface area contributed by atoms with E-state index in [4.69, 9.17) is 4.98 Å². The molecule has 1 saturated heterocycles. The summed E-state index contributed by atoms with van der Waals surface area (Å²) in [4.78, 5) is 7.54. The summed E-state index contributed by atoms with van der Waals surface area (Å²) in [5, 5.41) is 4.68. The molecule has 1 fully saturated rings. The van der Waals surface area contributed by atoms with Gasteiger partial charge in [-0.25, -0.2) is 0 Å². The zero-order chi connectivity index (χ0) is 14.5. The van der Waals surface area contributed by atoms with Crippen LogP contribution in [0.4, 0.5) is 0 Å². The fourth-order valence-corrected chi connectivity index (χ4v) is 3.18. The number of pyridine rings is 1. The average molecular weight is 283 g/mol. The largest absolute Gasteiger partial charge is 0.314 e. The van der Waals surface area contributed by atoms with Gasteiger partial charge < -0.3 is 5.32 Å². The molecule has 0 bridgehead atoms. The first-order valence-electron chi connectivity index (χ1n) is 8.19. The molecule has 0 radical (unpaired) electrons. The van der Waals surface area contributed by atoms with Gasteiger partial charge in [-0.05, 0) is 18.6 Å². The van der Waals surface area contributed by atoms with Crippen molar-refractivity contribution in [2.45, 2.75) is 32.2 Å². The van der Waals surface area contributed by atoms with Crippen molar-refractivity contribution in [1.82, 2.24) is 15.2 Å². The molecule has 3 heteroatoms. The minimum atomic E-state index is 0.469. The molecule has 1 N–H and O–H groups in total. The van der Waals surface area contributed by atoms with Crippen molar-refractivity contribution in [3.8, 4) is 0 Å². The fourth-order valence-electron chi connectivity index (χ4n) is 3.18. The van der Waals surface area contributed by atoms with E-state index < -0.39 is 0 Å². The standard InChI is InChI=1S/C18H25N3/c1-2-3-8-18(21-13-11-19-12-14-21)17-10-9-15-6-4-5-7-16(15)20-17/h4-7,9-10,18-19H,2-3,8,11-14H2,1H3/t18-/m0/s1. The number of piperazine rings is 1. The molecule has 1 atom stereocenters. The van der Waals surface area contributed by atoms with Crippen molar-refractivity contribution in [3.05, 3.63) is 42.1 Å². The van der Waals surface area contributed by atoms with E-state index >= 15 is 0 Å². The second-order valence-corrected chi connectivity index (χ2v) is 5.87. The molecule has 112 valence electrons. The quantitative estimate of drug-likeness (QED) is 0.912. The van der Waals surface area contributed by atoms with Gasteiger partial charge in [0.1, 0.15) is 0 Å². The number of nitrogens with one attached hydrogen (secondary N) is 1. The Kier molecular flexibility index (Phi) is 4.84. The molecule has 0 saturated carbocycles. The lowest BCUT2D eigenvalue weighted by molar-refractivity contribution is 0.160. The minimum absolute atomic E-state index is 0.469. The van der Waals surface area contributed by atoms with E-state index in [1.165, 1.54) is 30.3 Å². The summed E-state index contributed by atoms with van der Waals surface area (Å²) in [5.74, 6) is 0. The average Bonchev–Trinajstić information content (AvgIpc) is 2.56. The second kappa shape index (κ2) is 7.01. The summed E-state index contributed by atoms with van der Waals surface area (Å²) >= 11 is 0. The molecule has 0 amide bonds. The Bertz CT molecular complexity index is 575. The van der Waals surface area contributed by atoms with Crippen LogP contribution >= 0.6 is 0 Å². The summed E-state index contributed by atoms with van der Waals surface area (Å²) in [6, 6.07) is 13.3. The molecule has 1 aliphatic heterocycles. The monoisotopic (exact) mass is 283 g/mol. The van der Waals surface area contributed by atoms with Gasteiger partial charge in [0.2, 0.25) is 0 Å². The van der Waals surface area contributed by atoms with Crippen molar-refractivity contribution in [1.29, 1.82) is 0 Å². The van der Waals surface area contributed by atoms with Gasteiger partial charge in [0.25, 0.3) is 0 Å². The molecule has 0 spiro atoms. The first kappa shape index (κ1) is 14.5. The lowest BCUT2D eigenvalue weighted by Crippen LogP contribution is -2.45. The van der Waals surface area contributed by atoms with E-state index in [9.17, 15) is 0 Å². The maximum Gasteiger partial charge on any atom is 0.0706 e. The molecule has 2 heterocycles. The Morgan fingerprint density at radius 3 is 2.76 bits per heavy atom. The van der Waals surface area contributed by atoms with Crippen LogP contribution < -0.4 is 5.32 Å². The highest BCUT2D eigenvalue weighted by atomic mass is 15.2. The van der Waals surface area contributed by atoms with Crippen LogP contribution in [0.3, 0.4) is 0 Å². The third-order valence-corrected chi connectivity index (χ3v) is 4.38. The highest BCUT2D eigenvalue weighted by Crippen LogP contribution is 2.27. The Labute approximate surface area is 127 Å². The number of benzene rings is 1. The molecule has 2 aromatic rings. The van der Waals surface area contributed by atoms with Gasteiger partial charge in [-0.3, -0.25) is 9.88 Å². The van der Waals surface area contributed by atoms with Gasteiger partial charge >= 0.3 is 0 Å². The normalized spacial score (nSPS) is 18.0. The molecule has 3 rings (SSSR count). The van der Waals surface area contributed by atoms with Crippen molar-refractivity contribution in [2.75, 3.05) is 26.2 Å². The number of nitrogens with zero attached hydrogens (tertiary/aromatic N) is 2. The summed E-state index contributed by atoms with van der Waals surface area (Å²) in [6.07, 6.45) is 3.72. The van der Waals surface area contributed by atoms with Gasteiger partial charge in [-0.2, -0.15) is 0 Å². The van der Waals surface area contributed by atoms with Gasteiger partial charge in [0.15, 0.2) is 0 Å². The third-order valence-electron chi connectivity index (χ3n) is 4.38. The van der Waals surface area contributed by atoms with Crippen molar-refractivity contribution in [3.63, 3.8) is 0 Å². The Hall–Kier alpha value is -1.45. The number of unbranched alkanes of at least 4 members (excludes halogenated alkanes) is 1. The SMILES string of the molecule is CCCC[C@@H](c1ccc2ccccc2n1)N1CCNCC1. The van der Waals surface area contributed by atoms with Gasteiger partial charge in [0, 0.05) is 31.6 Å². The van der Waals surface area contributed by atoms with Crippen LogP contribution in [0.25, 0.3) is 10.9 Å². The molecular formula is C18H25N3. The van der Waals surface area contributed by atoms with Crippen LogP contribution in [0.15, 0.2) is 36.4 Å². The molecule has 3 nitrogen and oxygen atoms in total. The van der Waals surface area contributed by atoms with Crippen molar-refractivity contribution < 1.29 is 0 Å². The molecular weight excluding hydrogens is 258 g/mol. The smallest absolute Gasteiger partial charge is 0.0706 e.